The molecule has 56 heavy (non-hydrogen) atoms. The first-order valence-electron chi connectivity index (χ1n) is 18.0. The monoisotopic (exact) mass is 843 g/mol. The van der Waals surface area contributed by atoms with E-state index in [-0.39, 0.29) is 18.8 Å². The van der Waals surface area contributed by atoms with E-state index in [0.717, 1.165) is 17.2 Å². The van der Waals surface area contributed by atoms with Gasteiger partial charge in [0.2, 0.25) is 33.3 Å². The first-order chi connectivity index (χ1) is 25.7. The SMILES string of the molecule is C[C@@H]1CC/C=C\C2C[C@@]2(C(=O)NS(=O)(=O)C2(C)CC2)NC(=O)[C@@H]2C[C@@H](Oc3nccc(Cl)c3C(F)(F)F)CN2C(=O)[C@@H](NC(=O)OC(C)(C)C(F)(F)F)[C@H](C)C1. The summed E-state index contributed by atoms with van der Waals surface area (Å²) in [5.74, 6) is -5.58. The summed E-state index contributed by atoms with van der Waals surface area (Å²) in [7, 11) is -4.17. The number of alkyl halides is 6. The van der Waals surface area contributed by atoms with Crippen molar-refractivity contribution in [1.29, 1.82) is 0 Å². The molecule has 3 fully saturated rings. The van der Waals surface area contributed by atoms with Crippen molar-refractivity contribution in [2.45, 2.75) is 126 Å². The fraction of sp³-hybridized carbons (Fsp3) is 0.686. The van der Waals surface area contributed by atoms with Crippen LogP contribution in [-0.2, 0) is 35.3 Å². The van der Waals surface area contributed by atoms with E-state index in [1.54, 1.807) is 19.1 Å². The third-order valence-corrected chi connectivity index (χ3v) is 13.5. The van der Waals surface area contributed by atoms with Crippen LogP contribution in [0.2, 0.25) is 5.02 Å². The van der Waals surface area contributed by atoms with Crippen molar-refractivity contribution in [3.8, 4) is 5.88 Å². The first-order valence-corrected chi connectivity index (χ1v) is 19.9. The summed E-state index contributed by atoms with van der Waals surface area (Å²) in [4.78, 5) is 60.1. The molecule has 1 aromatic heterocycles. The van der Waals surface area contributed by atoms with E-state index in [1.165, 1.54) is 6.92 Å². The maximum Gasteiger partial charge on any atom is 0.427 e. The minimum Gasteiger partial charge on any atom is -0.472 e. The number of hydrogen-bond acceptors (Lipinski definition) is 9. The zero-order valence-corrected chi connectivity index (χ0v) is 32.7. The van der Waals surface area contributed by atoms with Crippen LogP contribution in [-0.4, -0.2) is 88.9 Å². The number of alkyl carbamates (subject to hydrolysis) is 1. The largest absolute Gasteiger partial charge is 0.472 e. The number of nitrogens with one attached hydrogen (secondary N) is 3. The number of ether oxygens (including phenoxy) is 2. The number of hydrogen-bond donors (Lipinski definition) is 3. The second-order valence-corrected chi connectivity index (χ2v) is 18.6. The van der Waals surface area contributed by atoms with Gasteiger partial charge in [-0.25, -0.2) is 18.2 Å². The van der Waals surface area contributed by atoms with Gasteiger partial charge in [0.15, 0.2) is 0 Å². The molecule has 21 heteroatoms. The standard InChI is InChI=1S/C35H44ClF6N5O8S/c1-18-8-6-7-9-20-16-33(20,29(50)46-56(52,53)32(5)11-12-32)45-26(48)23-15-21(54-27-24(34(37,38)39)22(36)10-13-43-27)17-47(23)28(49)25(19(2)14-18)44-30(51)55-31(3,4)35(40,41)42/h7,9-10,13,18-21,23,25H,6,8,11-12,14-17H2,1-5H3,(H,44,51)(H,45,48)(H,46,50)/b9-7-/t18-,19-,20?,21-,23+,25+,33-/m1/s1. The summed E-state index contributed by atoms with van der Waals surface area (Å²) in [5, 5.41) is 4.09. The highest BCUT2D eigenvalue weighted by Crippen LogP contribution is 2.48. The Labute approximate surface area is 324 Å². The van der Waals surface area contributed by atoms with E-state index in [2.05, 4.69) is 20.3 Å². The Balaban J connectivity index is 1.52. The number of allylic oxidation sites excluding steroid dienone is 1. The predicted molar refractivity (Wildman–Crippen MR) is 187 cm³/mol. The molecule has 1 aromatic rings. The van der Waals surface area contributed by atoms with Gasteiger partial charge in [0.05, 0.1) is 16.3 Å². The Hall–Kier alpha value is -3.81. The zero-order chi connectivity index (χ0) is 41.8. The molecule has 2 aliphatic carbocycles. The minimum atomic E-state index is -5.03. The van der Waals surface area contributed by atoms with Crippen LogP contribution in [0.25, 0.3) is 0 Å². The molecule has 3 N–H and O–H groups in total. The van der Waals surface area contributed by atoms with Gasteiger partial charge in [-0.05, 0) is 77.2 Å². The van der Waals surface area contributed by atoms with Crippen LogP contribution >= 0.6 is 11.6 Å². The quantitative estimate of drug-likeness (QED) is 0.239. The summed E-state index contributed by atoms with van der Waals surface area (Å²) in [6.45, 7) is 5.51. The van der Waals surface area contributed by atoms with Gasteiger partial charge in [0.25, 0.3) is 5.91 Å². The van der Waals surface area contributed by atoms with Crippen LogP contribution < -0.4 is 20.1 Å². The average molecular weight is 844 g/mol. The van der Waals surface area contributed by atoms with E-state index in [9.17, 15) is 53.9 Å². The summed E-state index contributed by atoms with van der Waals surface area (Å²) in [6.07, 6.45) is -7.26. The molecule has 0 aromatic carbocycles. The number of fused-ring (bicyclic) bond motifs is 2. The van der Waals surface area contributed by atoms with Gasteiger partial charge in [-0.15, -0.1) is 0 Å². The van der Waals surface area contributed by atoms with Crippen molar-refractivity contribution in [3.63, 3.8) is 0 Å². The smallest absolute Gasteiger partial charge is 0.427 e. The number of amides is 4. The van der Waals surface area contributed by atoms with Gasteiger partial charge in [-0.1, -0.05) is 37.6 Å². The molecule has 0 radical (unpaired) electrons. The molecule has 312 valence electrons. The van der Waals surface area contributed by atoms with Gasteiger partial charge >= 0.3 is 18.4 Å². The van der Waals surface area contributed by atoms with Gasteiger partial charge < -0.3 is 25.0 Å². The second kappa shape index (κ2) is 15.2. The lowest BCUT2D eigenvalue weighted by molar-refractivity contribution is -0.244. The van der Waals surface area contributed by atoms with E-state index in [0.29, 0.717) is 39.5 Å². The number of carbonyl (C=O) groups excluding carboxylic acids is 4. The number of rotatable bonds is 7. The highest BCUT2D eigenvalue weighted by atomic mass is 35.5. The van der Waals surface area contributed by atoms with Gasteiger partial charge in [0.1, 0.15) is 29.3 Å². The minimum absolute atomic E-state index is 0.0210. The molecule has 5 rings (SSSR count). The summed E-state index contributed by atoms with van der Waals surface area (Å²) < 4.78 is 120. The van der Waals surface area contributed by atoms with Crippen LogP contribution in [0.1, 0.15) is 85.1 Å². The van der Waals surface area contributed by atoms with Crippen LogP contribution in [0.3, 0.4) is 0 Å². The Morgan fingerprint density at radius 1 is 1.09 bits per heavy atom. The number of halogens is 7. The lowest BCUT2D eigenvalue weighted by Crippen LogP contribution is -2.59. The zero-order valence-electron chi connectivity index (χ0n) is 31.1. The molecule has 7 atom stereocenters. The molecule has 0 spiro atoms. The maximum absolute atomic E-state index is 14.5. The van der Waals surface area contributed by atoms with E-state index >= 15 is 0 Å². The third-order valence-electron chi connectivity index (χ3n) is 11.0. The molecular weight excluding hydrogens is 800 g/mol. The molecule has 3 heterocycles. The second-order valence-electron chi connectivity index (χ2n) is 16.0. The van der Waals surface area contributed by atoms with Gasteiger partial charge in [-0.2, -0.15) is 26.3 Å². The van der Waals surface area contributed by atoms with Crippen molar-refractivity contribution in [2.75, 3.05) is 6.54 Å². The average Bonchev–Trinajstić information content (AvgIpc) is 3.94. The number of sulfonamides is 1. The number of carbonyl (C=O) groups is 4. The van der Waals surface area contributed by atoms with Gasteiger partial charge in [0, 0.05) is 18.5 Å². The van der Waals surface area contributed by atoms with Crippen LogP contribution in [0.5, 0.6) is 5.88 Å². The number of pyridine rings is 1. The molecule has 4 amide bonds. The third kappa shape index (κ3) is 9.00. The van der Waals surface area contributed by atoms with Crippen molar-refractivity contribution in [2.24, 2.45) is 17.8 Å². The summed E-state index contributed by atoms with van der Waals surface area (Å²) in [5.41, 5.74) is -6.19. The lowest BCUT2D eigenvalue weighted by Gasteiger charge is -2.34. The Bertz CT molecular complexity index is 1870. The first kappa shape index (κ1) is 43.3. The van der Waals surface area contributed by atoms with Crippen molar-refractivity contribution >= 4 is 45.4 Å². The van der Waals surface area contributed by atoms with Crippen molar-refractivity contribution in [1.82, 2.24) is 25.2 Å². The van der Waals surface area contributed by atoms with Crippen LogP contribution in [0, 0.1) is 17.8 Å². The molecule has 1 unspecified atom stereocenters. The molecule has 4 aliphatic rings. The van der Waals surface area contributed by atoms with Crippen LogP contribution in [0.15, 0.2) is 24.4 Å². The topological polar surface area (TPSA) is 173 Å². The number of aromatic nitrogens is 1. The Morgan fingerprint density at radius 2 is 1.75 bits per heavy atom. The van der Waals surface area contributed by atoms with Gasteiger partial charge in [-0.3, -0.25) is 19.1 Å². The molecular formula is C35H44ClF6N5O8S. The molecule has 2 saturated carbocycles. The van der Waals surface area contributed by atoms with E-state index in [1.807, 2.05) is 6.92 Å². The lowest BCUT2D eigenvalue weighted by atomic mass is 9.88. The van der Waals surface area contributed by atoms with Crippen molar-refractivity contribution in [3.05, 3.63) is 35.0 Å². The molecule has 1 saturated heterocycles. The highest BCUT2D eigenvalue weighted by Gasteiger charge is 2.63. The maximum atomic E-state index is 14.5. The molecule has 2 aliphatic heterocycles. The highest BCUT2D eigenvalue weighted by molar-refractivity contribution is 7.91. The fourth-order valence-corrected chi connectivity index (χ4v) is 8.52. The van der Waals surface area contributed by atoms with E-state index in [4.69, 9.17) is 21.1 Å². The van der Waals surface area contributed by atoms with Crippen LogP contribution in [0.4, 0.5) is 31.1 Å². The van der Waals surface area contributed by atoms with E-state index < -0.39 is 122 Å². The summed E-state index contributed by atoms with van der Waals surface area (Å²) >= 11 is 5.85. The fourth-order valence-electron chi connectivity index (χ4n) is 6.97. The number of nitrogens with zero attached hydrogens (tertiary/aromatic N) is 2. The normalized spacial score (nSPS) is 30.4. The predicted octanol–water partition coefficient (Wildman–Crippen LogP) is 5.42. The Kier molecular flexibility index (Phi) is 11.7. The summed E-state index contributed by atoms with van der Waals surface area (Å²) in [6, 6.07) is -2.33. The van der Waals surface area contributed by atoms with Crippen molar-refractivity contribution < 1.29 is 63.4 Å². The molecule has 13 nitrogen and oxygen atoms in total. The molecule has 0 bridgehead atoms. The Morgan fingerprint density at radius 3 is 2.36 bits per heavy atom.